The normalized spacial score (nSPS) is 15.2. The number of methoxy groups -OCH3 is 2. The number of hydrogen-bond donors (Lipinski definition) is 0. The van der Waals surface area contributed by atoms with Crippen molar-refractivity contribution < 1.29 is 27.4 Å². The van der Waals surface area contributed by atoms with Crippen LogP contribution in [-0.2, 0) is 19.4 Å². The third-order valence-corrected chi connectivity index (χ3v) is 5.15. The first-order chi connectivity index (χ1) is 10.3. The summed E-state index contributed by atoms with van der Waals surface area (Å²) in [4.78, 5) is 11.7. The fourth-order valence-electron chi connectivity index (χ4n) is 2.04. The summed E-state index contributed by atoms with van der Waals surface area (Å²) in [6, 6.07) is 3.00. The summed E-state index contributed by atoms with van der Waals surface area (Å²) in [7, 11) is -0.767. The van der Waals surface area contributed by atoms with Crippen molar-refractivity contribution in [1.82, 2.24) is 0 Å². The molecule has 6 nitrogen and oxygen atoms in total. The molecule has 0 unspecified atom stereocenters. The van der Waals surface area contributed by atoms with Crippen molar-refractivity contribution in [3.63, 3.8) is 0 Å². The van der Waals surface area contributed by atoms with E-state index in [0.29, 0.717) is 17.1 Å². The zero-order chi connectivity index (χ0) is 16.5. The molecule has 120 valence electrons. The van der Waals surface area contributed by atoms with E-state index >= 15 is 0 Å². The average molecular weight is 326 g/mol. The Bertz CT molecular complexity index is 731. The maximum Gasteiger partial charge on any atom is 0.308 e. The molecule has 1 aromatic carbocycles. The van der Waals surface area contributed by atoms with Crippen molar-refractivity contribution in [3.05, 3.63) is 22.6 Å². The average Bonchev–Trinajstić information content (AvgIpc) is 2.73. The highest BCUT2D eigenvalue weighted by Crippen LogP contribution is 2.40. The summed E-state index contributed by atoms with van der Waals surface area (Å²) >= 11 is 0. The van der Waals surface area contributed by atoms with Crippen molar-refractivity contribution in [2.24, 2.45) is 5.92 Å². The van der Waals surface area contributed by atoms with Gasteiger partial charge in [-0.05, 0) is 17.7 Å². The van der Waals surface area contributed by atoms with Crippen LogP contribution in [0.3, 0.4) is 0 Å². The summed E-state index contributed by atoms with van der Waals surface area (Å²) in [6.07, 6.45) is 1.49. The number of rotatable bonds is 5. The molecule has 0 aliphatic carbocycles. The van der Waals surface area contributed by atoms with Crippen molar-refractivity contribution >= 4 is 21.9 Å². The minimum Gasteiger partial charge on any atom is -0.493 e. The molecule has 2 rings (SSSR count). The Morgan fingerprint density at radius 1 is 1.14 bits per heavy atom. The van der Waals surface area contributed by atoms with Gasteiger partial charge in [0.1, 0.15) is 6.61 Å². The van der Waals surface area contributed by atoms with Crippen LogP contribution in [0.15, 0.2) is 21.9 Å². The van der Waals surface area contributed by atoms with Crippen molar-refractivity contribution in [2.45, 2.75) is 18.7 Å². The Morgan fingerprint density at radius 3 is 2.27 bits per heavy atom. The Morgan fingerprint density at radius 2 is 1.73 bits per heavy atom. The lowest BCUT2D eigenvalue weighted by Gasteiger charge is -2.10. The predicted octanol–water partition coefficient (Wildman–Crippen LogP) is 2.03. The molecule has 0 saturated carbocycles. The van der Waals surface area contributed by atoms with Crippen molar-refractivity contribution in [2.75, 3.05) is 20.8 Å². The van der Waals surface area contributed by atoms with Gasteiger partial charge in [-0.25, -0.2) is 8.42 Å². The van der Waals surface area contributed by atoms with E-state index in [2.05, 4.69) is 0 Å². The first kappa shape index (κ1) is 16.4. The van der Waals surface area contributed by atoms with Crippen molar-refractivity contribution in [1.29, 1.82) is 0 Å². The van der Waals surface area contributed by atoms with E-state index in [-0.39, 0.29) is 22.3 Å². The molecular formula is C15H18O6S. The summed E-state index contributed by atoms with van der Waals surface area (Å²) in [5.74, 6) is 0.0151. The van der Waals surface area contributed by atoms with Crippen LogP contribution >= 0.6 is 0 Å². The van der Waals surface area contributed by atoms with Gasteiger partial charge in [-0.3, -0.25) is 4.79 Å². The number of sulfone groups is 1. The zero-order valence-corrected chi connectivity index (χ0v) is 13.7. The van der Waals surface area contributed by atoms with Gasteiger partial charge in [0.05, 0.1) is 29.9 Å². The maximum absolute atomic E-state index is 12.5. The largest absolute Gasteiger partial charge is 0.493 e. The number of esters is 1. The summed E-state index contributed by atoms with van der Waals surface area (Å²) in [6.45, 7) is 3.09. The van der Waals surface area contributed by atoms with Crippen LogP contribution in [0.25, 0.3) is 6.08 Å². The fraction of sp³-hybridized carbons (Fsp3) is 0.400. The molecule has 0 spiro atoms. The molecule has 0 fully saturated rings. The lowest BCUT2D eigenvalue weighted by Crippen LogP contribution is -2.15. The smallest absolute Gasteiger partial charge is 0.308 e. The molecule has 7 heteroatoms. The Hall–Kier alpha value is -2.02. The molecule has 1 aromatic rings. The highest BCUT2D eigenvalue weighted by Gasteiger charge is 2.32. The van der Waals surface area contributed by atoms with E-state index in [1.165, 1.54) is 26.4 Å². The molecule has 1 heterocycles. The second kappa shape index (κ2) is 6.00. The van der Waals surface area contributed by atoms with Gasteiger partial charge < -0.3 is 14.2 Å². The van der Waals surface area contributed by atoms with Gasteiger partial charge >= 0.3 is 5.97 Å². The lowest BCUT2D eigenvalue weighted by molar-refractivity contribution is -0.146. The lowest BCUT2D eigenvalue weighted by atomic mass is 10.2. The summed E-state index contributed by atoms with van der Waals surface area (Å²) in [5.41, 5.74) is 0.494. The Balaban J connectivity index is 2.35. The third-order valence-electron chi connectivity index (χ3n) is 3.30. The molecule has 0 radical (unpaired) electrons. The van der Waals surface area contributed by atoms with Gasteiger partial charge in [-0.15, -0.1) is 0 Å². The van der Waals surface area contributed by atoms with Crippen LogP contribution in [-0.4, -0.2) is 35.2 Å². The van der Waals surface area contributed by atoms with Gasteiger partial charge in [-0.1, -0.05) is 13.8 Å². The van der Waals surface area contributed by atoms with E-state index in [0.717, 1.165) is 0 Å². The number of fused-ring (bicyclic) bond motifs is 1. The molecule has 0 bridgehead atoms. The molecule has 1 aliphatic heterocycles. The highest BCUT2D eigenvalue weighted by atomic mass is 32.2. The van der Waals surface area contributed by atoms with Crippen LogP contribution in [0.5, 0.6) is 11.5 Å². The quantitative estimate of drug-likeness (QED) is 0.770. The maximum atomic E-state index is 12.5. The van der Waals surface area contributed by atoms with Crippen LogP contribution < -0.4 is 9.47 Å². The fourth-order valence-corrected chi connectivity index (χ4v) is 3.51. The standard InChI is InChI=1S/C15H18O6S/c1-9(2)15(16)21-8-11-5-10-6-12(19-3)13(20-4)7-14(10)22(11,17)18/h5-7,9H,8H2,1-4H3. The number of ether oxygens (including phenoxy) is 3. The van der Waals surface area contributed by atoms with Gasteiger partial charge in [0.2, 0.25) is 9.84 Å². The minimum atomic E-state index is -3.68. The van der Waals surface area contributed by atoms with Gasteiger partial charge in [0.15, 0.2) is 11.5 Å². The molecule has 22 heavy (non-hydrogen) atoms. The van der Waals surface area contributed by atoms with Crippen molar-refractivity contribution in [3.8, 4) is 11.5 Å². The van der Waals surface area contributed by atoms with Crippen LogP contribution in [0.1, 0.15) is 19.4 Å². The SMILES string of the molecule is COc1cc2c(cc1OC)S(=O)(=O)C(COC(=O)C(C)C)=C2. The van der Waals surface area contributed by atoms with E-state index < -0.39 is 15.8 Å². The monoisotopic (exact) mass is 326 g/mol. The molecule has 0 amide bonds. The van der Waals surface area contributed by atoms with E-state index in [1.807, 2.05) is 0 Å². The zero-order valence-electron chi connectivity index (χ0n) is 12.9. The second-order valence-electron chi connectivity index (χ2n) is 5.12. The number of benzene rings is 1. The highest BCUT2D eigenvalue weighted by molar-refractivity contribution is 7.95. The topological polar surface area (TPSA) is 78.9 Å². The molecule has 0 saturated heterocycles. The minimum absolute atomic E-state index is 0.0480. The molecule has 0 aromatic heterocycles. The predicted molar refractivity (Wildman–Crippen MR) is 80.5 cm³/mol. The molecule has 0 atom stereocenters. The molecular weight excluding hydrogens is 308 g/mol. The van der Waals surface area contributed by atoms with Crippen LogP contribution in [0.2, 0.25) is 0 Å². The van der Waals surface area contributed by atoms with E-state index in [9.17, 15) is 13.2 Å². The summed E-state index contributed by atoms with van der Waals surface area (Å²) < 4.78 is 40.3. The van der Waals surface area contributed by atoms with Gasteiger partial charge in [0, 0.05) is 6.07 Å². The van der Waals surface area contributed by atoms with Gasteiger partial charge in [-0.2, -0.15) is 0 Å². The van der Waals surface area contributed by atoms with E-state index in [1.54, 1.807) is 19.9 Å². The van der Waals surface area contributed by atoms with Crippen LogP contribution in [0.4, 0.5) is 0 Å². The third kappa shape index (κ3) is 2.81. The Kier molecular flexibility index (Phi) is 4.46. The Labute approximate surface area is 129 Å². The summed E-state index contributed by atoms with van der Waals surface area (Å²) in [5, 5.41) is 0. The molecule has 0 N–H and O–H groups in total. The first-order valence-corrected chi connectivity index (χ1v) is 8.18. The van der Waals surface area contributed by atoms with Gasteiger partial charge in [0.25, 0.3) is 0 Å². The second-order valence-corrected chi connectivity index (χ2v) is 7.09. The van der Waals surface area contributed by atoms with Crippen LogP contribution in [0, 0.1) is 5.92 Å². The number of hydrogen-bond acceptors (Lipinski definition) is 6. The van der Waals surface area contributed by atoms with E-state index in [4.69, 9.17) is 14.2 Å². The molecule has 1 aliphatic rings. The number of carbonyl (C=O) groups excluding carboxylic acids is 1. The number of carbonyl (C=O) groups is 1. The first-order valence-electron chi connectivity index (χ1n) is 6.69.